The average Bonchev–Trinajstić information content (AvgIpc) is 2.34. The molecule has 0 spiro atoms. The highest BCUT2D eigenvalue weighted by Gasteiger charge is 2.00. The molecule has 4 heteroatoms. The van der Waals surface area contributed by atoms with Crippen LogP contribution in [0.5, 0.6) is 0 Å². The third-order valence-corrected chi connectivity index (χ3v) is 1.48. The molecule has 0 aliphatic carbocycles. The number of rotatable bonds is 3. The van der Waals surface area contributed by atoms with E-state index < -0.39 is 0 Å². The van der Waals surface area contributed by atoms with Gasteiger partial charge in [0.2, 0.25) is 0 Å². The molecule has 3 N–H and O–H groups in total. The Morgan fingerprint density at radius 2 is 2.55 bits per heavy atom. The Labute approximate surface area is 65.5 Å². The fraction of sp³-hybridized carbons (Fsp3) is 0.429. The van der Waals surface area contributed by atoms with Crippen LogP contribution in [-0.4, -0.2) is 15.6 Å². The smallest absolute Gasteiger partial charge is 0.0965 e. The standard InChI is InChI=1S/C7H12N4/c1-2-11-6(3-4-10-11)5-7(8)9/h3-4H,2,5H2,1H3,(H3,8,9). The molecule has 11 heavy (non-hydrogen) atoms. The van der Waals surface area contributed by atoms with E-state index in [2.05, 4.69) is 5.10 Å². The second-order valence-electron chi connectivity index (χ2n) is 2.34. The maximum atomic E-state index is 7.08. The first-order chi connectivity index (χ1) is 5.24. The molecular weight excluding hydrogens is 140 g/mol. The van der Waals surface area contributed by atoms with E-state index in [4.69, 9.17) is 11.1 Å². The molecule has 0 saturated heterocycles. The van der Waals surface area contributed by atoms with Gasteiger partial charge in [0.05, 0.1) is 5.84 Å². The maximum absolute atomic E-state index is 7.08. The van der Waals surface area contributed by atoms with Gasteiger partial charge in [-0.3, -0.25) is 10.1 Å². The van der Waals surface area contributed by atoms with Crippen molar-refractivity contribution >= 4 is 5.84 Å². The van der Waals surface area contributed by atoms with Crippen molar-refractivity contribution in [1.82, 2.24) is 9.78 Å². The predicted octanol–water partition coefficient (Wildman–Crippen LogP) is 0.381. The Kier molecular flexibility index (Phi) is 2.25. The minimum absolute atomic E-state index is 0.181. The molecule has 0 aromatic carbocycles. The van der Waals surface area contributed by atoms with Crippen LogP contribution < -0.4 is 5.73 Å². The zero-order valence-electron chi connectivity index (χ0n) is 6.54. The van der Waals surface area contributed by atoms with Gasteiger partial charge < -0.3 is 5.73 Å². The van der Waals surface area contributed by atoms with Gasteiger partial charge in [0.15, 0.2) is 0 Å². The molecular formula is C7H12N4. The topological polar surface area (TPSA) is 67.7 Å². The van der Waals surface area contributed by atoms with Crippen LogP contribution in [0.15, 0.2) is 12.3 Å². The van der Waals surface area contributed by atoms with Gasteiger partial charge >= 0.3 is 0 Å². The fourth-order valence-electron chi connectivity index (χ4n) is 0.990. The zero-order valence-corrected chi connectivity index (χ0v) is 6.54. The number of nitrogens with zero attached hydrogens (tertiary/aromatic N) is 2. The van der Waals surface area contributed by atoms with E-state index in [0.29, 0.717) is 6.42 Å². The molecule has 0 fully saturated rings. The number of aryl methyl sites for hydroxylation is 1. The fourth-order valence-corrected chi connectivity index (χ4v) is 0.990. The lowest BCUT2D eigenvalue weighted by molar-refractivity contribution is 0.634. The summed E-state index contributed by atoms with van der Waals surface area (Å²) < 4.78 is 1.83. The van der Waals surface area contributed by atoms with Crippen molar-refractivity contribution in [2.75, 3.05) is 0 Å². The molecule has 0 unspecified atom stereocenters. The van der Waals surface area contributed by atoms with E-state index in [0.717, 1.165) is 12.2 Å². The lowest BCUT2D eigenvalue weighted by Crippen LogP contribution is -2.15. The van der Waals surface area contributed by atoms with Crippen molar-refractivity contribution in [2.24, 2.45) is 5.73 Å². The number of nitrogens with two attached hydrogens (primary N) is 1. The predicted molar refractivity (Wildman–Crippen MR) is 43.5 cm³/mol. The summed E-state index contributed by atoms with van der Waals surface area (Å²) in [5.74, 6) is 0.181. The largest absolute Gasteiger partial charge is 0.387 e. The minimum atomic E-state index is 0.181. The number of hydrogen-bond acceptors (Lipinski definition) is 2. The third-order valence-electron chi connectivity index (χ3n) is 1.48. The van der Waals surface area contributed by atoms with Crippen LogP contribution in [0.3, 0.4) is 0 Å². The first-order valence-electron chi connectivity index (χ1n) is 3.57. The quantitative estimate of drug-likeness (QED) is 0.485. The van der Waals surface area contributed by atoms with E-state index >= 15 is 0 Å². The molecule has 1 aromatic heterocycles. The molecule has 0 aliphatic rings. The SMILES string of the molecule is CCn1nccc1CC(=N)N. The summed E-state index contributed by atoms with van der Waals surface area (Å²) in [6.07, 6.45) is 2.22. The van der Waals surface area contributed by atoms with Crippen molar-refractivity contribution in [3.63, 3.8) is 0 Å². The monoisotopic (exact) mass is 152 g/mol. The van der Waals surface area contributed by atoms with Crippen molar-refractivity contribution in [2.45, 2.75) is 19.9 Å². The van der Waals surface area contributed by atoms with Crippen molar-refractivity contribution in [3.8, 4) is 0 Å². The number of amidine groups is 1. The minimum Gasteiger partial charge on any atom is -0.387 e. The number of aromatic nitrogens is 2. The number of hydrogen-bond donors (Lipinski definition) is 2. The van der Waals surface area contributed by atoms with Gasteiger partial charge in [-0.1, -0.05) is 0 Å². The lowest BCUT2D eigenvalue weighted by Gasteiger charge is -2.01. The van der Waals surface area contributed by atoms with Gasteiger partial charge in [0.1, 0.15) is 0 Å². The van der Waals surface area contributed by atoms with E-state index in [9.17, 15) is 0 Å². The van der Waals surface area contributed by atoms with Gasteiger partial charge in [-0.2, -0.15) is 5.10 Å². The summed E-state index contributed by atoms with van der Waals surface area (Å²) in [5, 5.41) is 11.1. The summed E-state index contributed by atoms with van der Waals surface area (Å²) in [4.78, 5) is 0. The van der Waals surface area contributed by atoms with Gasteiger partial charge in [-0.25, -0.2) is 0 Å². The Hall–Kier alpha value is -1.32. The van der Waals surface area contributed by atoms with Crippen LogP contribution in [0.2, 0.25) is 0 Å². The highest BCUT2D eigenvalue weighted by atomic mass is 15.3. The van der Waals surface area contributed by atoms with Crippen LogP contribution in [0.4, 0.5) is 0 Å². The van der Waals surface area contributed by atoms with Gasteiger partial charge in [0.25, 0.3) is 0 Å². The molecule has 1 aromatic rings. The molecule has 0 bridgehead atoms. The maximum Gasteiger partial charge on any atom is 0.0965 e. The normalized spacial score (nSPS) is 9.91. The molecule has 4 nitrogen and oxygen atoms in total. The molecule has 1 rings (SSSR count). The van der Waals surface area contributed by atoms with Crippen molar-refractivity contribution in [3.05, 3.63) is 18.0 Å². The molecule has 0 atom stereocenters. The van der Waals surface area contributed by atoms with E-state index in [1.807, 2.05) is 17.7 Å². The Morgan fingerprint density at radius 1 is 1.82 bits per heavy atom. The molecule has 0 saturated carbocycles. The zero-order chi connectivity index (χ0) is 8.27. The second-order valence-corrected chi connectivity index (χ2v) is 2.34. The third kappa shape index (κ3) is 1.80. The van der Waals surface area contributed by atoms with Crippen LogP contribution in [-0.2, 0) is 13.0 Å². The van der Waals surface area contributed by atoms with Crippen LogP contribution >= 0.6 is 0 Å². The first kappa shape index (κ1) is 7.78. The second kappa shape index (κ2) is 3.18. The van der Waals surface area contributed by atoms with Crippen LogP contribution in [0, 0.1) is 5.41 Å². The molecule has 0 radical (unpaired) electrons. The van der Waals surface area contributed by atoms with Crippen LogP contribution in [0.25, 0.3) is 0 Å². The molecule has 0 amide bonds. The average molecular weight is 152 g/mol. The lowest BCUT2D eigenvalue weighted by atomic mass is 10.3. The van der Waals surface area contributed by atoms with Gasteiger partial charge in [-0.05, 0) is 13.0 Å². The summed E-state index contributed by atoms with van der Waals surface area (Å²) in [5.41, 5.74) is 6.25. The van der Waals surface area contributed by atoms with Crippen molar-refractivity contribution < 1.29 is 0 Å². The van der Waals surface area contributed by atoms with Crippen LogP contribution in [0.1, 0.15) is 12.6 Å². The summed E-state index contributed by atoms with van der Waals surface area (Å²) in [6.45, 7) is 2.84. The molecule has 1 heterocycles. The van der Waals surface area contributed by atoms with E-state index in [1.165, 1.54) is 0 Å². The highest BCUT2D eigenvalue weighted by Crippen LogP contribution is 1.98. The van der Waals surface area contributed by atoms with E-state index in [-0.39, 0.29) is 5.84 Å². The molecule has 0 aliphatic heterocycles. The Balaban J connectivity index is 2.76. The Bertz CT molecular complexity index is 251. The summed E-state index contributed by atoms with van der Waals surface area (Å²) >= 11 is 0. The molecule has 60 valence electrons. The van der Waals surface area contributed by atoms with Gasteiger partial charge in [-0.15, -0.1) is 0 Å². The Morgan fingerprint density at radius 3 is 3.09 bits per heavy atom. The van der Waals surface area contributed by atoms with E-state index in [1.54, 1.807) is 6.20 Å². The highest BCUT2D eigenvalue weighted by molar-refractivity contribution is 5.78. The van der Waals surface area contributed by atoms with Gasteiger partial charge in [0, 0.05) is 24.9 Å². The summed E-state index contributed by atoms with van der Waals surface area (Å²) in [7, 11) is 0. The number of nitrogens with one attached hydrogen (secondary N) is 1. The summed E-state index contributed by atoms with van der Waals surface area (Å²) in [6, 6.07) is 1.88. The van der Waals surface area contributed by atoms with Crippen molar-refractivity contribution in [1.29, 1.82) is 5.41 Å². The first-order valence-corrected chi connectivity index (χ1v) is 3.57.